The number of benzene rings is 1. The summed E-state index contributed by atoms with van der Waals surface area (Å²) in [7, 11) is 1.99. The maximum atomic E-state index is 13.3. The summed E-state index contributed by atoms with van der Waals surface area (Å²) in [4.78, 5) is 28.8. The smallest absolute Gasteiger partial charge is 0.315 e. The lowest BCUT2D eigenvalue weighted by molar-refractivity contribution is -0.144. The molecule has 142 valence electrons. The Morgan fingerprint density at radius 1 is 1.11 bits per heavy atom. The number of nitrogens with zero attached hydrogens (tertiary/aromatic N) is 4. The van der Waals surface area contributed by atoms with Crippen LogP contribution in [0, 0.1) is 5.82 Å². The second kappa shape index (κ2) is 7.32. The third-order valence-electron chi connectivity index (χ3n) is 4.84. The Kier molecular flexibility index (Phi) is 4.88. The molecule has 0 bridgehead atoms. The quantitative estimate of drug-likeness (QED) is 0.788. The lowest BCUT2D eigenvalue weighted by atomic mass is 10.2. The van der Waals surface area contributed by atoms with E-state index in [2.05, 4.69) is 15.3 Å². The zero-order valence-corrected chi connectivity index (χ0v) is 15.8. The van der Waals surface area contributed by atoms with E-state index < -0.39 is 11.8 Å². The molecule has 0 saturated carbocycles. The van der Waals surface area contributed by atoms with Crippen LogP contribution in [0.3, 0.4) is 0 Å². The molecule has 1 fully saturated rings. The molecule has 1 aromatic carbocycles. The number of carbonyl (C=O) groups excluding carboxylic acids is 2. The number of thioether (sulfide) groups is 1. The standard InChI is InChI=1S/C18H20FN5O2S/c1-22-6-8-23(9-7-22)18(26)17(25)20-16-14-10-27-11-15(14)21-24(16)13-4-2-12(19)3-5-13/h2-5H,6-11H2,1H3,(H,20,25). The van der Waals surface area contributed by atoms with Gasteiger partial charge in [0, 0.05) is 43.2 Å². The molecule has 2 aliphatic heterocycles. The average molecular weight is 389 g/mol. The third kappa shape index (κ3) is 3.57. The van der Waals surface area contributed by atoms with Gasteiger partial charge in [0.05, 0.1) is 11.4 Å². The van der Waals surface area contributed by atoms with E-state index in [-0.39, 0.29) is 5.82 Å². The molecule has 1 aromatic heterocycles. The minimum absolute atomic E-state index is 0.343. The molecule has 0 spiro atoms. The Bertz CT molecular complexity index is 875. The van der Waals surface area contributed by atoms with Crippen molar-refractivity contribution in [2.24, 2.45) is 0 Å². The number of nitrogens with one attached hydrogen (secondary N) is 1. The van der Waals surface area contributed by atoms with Crippen molar-refractivity contribution < 1.29 is 14.0 Å². The largest absolute Gasteiger partial charge is 0.332 e. The second-order valence-electron chi connectivity index (χ2n) is 6.70. The number of piperazine rings is 1. The van der Waals surface area contributed by atoms with E-state index >= 15 is 0 Å². The highest BCUT2D eigenvalue weighted by molar-refractivity contribution is 7.98. The van der Waals surface area contributed by atoms with Crippen LogP contribution in [0.1, 0.15) is 11.3 Å². The summed E-state index contributed by atoms with van der Waals surface area (Å²) < 4.78 is 14.8. The first kappa shape index (κ1) is 18.0. The third-order valence-corrected chi connectivity index (χ3v) is 5.81. The van der Waals surface area contributed by atoms with Crippen molar-refractivity contribution in [1.82, 2.24) is 19.6 Å². The van der Waals surface area contributed by atoms with Crippen molar-refractivity contribution in [3.63, 3.8) is 0 Å². The van der Waals surface area contributed by atoms with Crippen molar-refractivity contribution in [1.29, 1.82) is 0 Å². The zero-order chi connectivity index (χ0) is 19.0. The first-order valence-corrected chi connectivity index (χ1v) is 9.91. The number of likely N-dealkylation sites (N-methyl/N-ethyl adjacent to an activating group) is 1. The van der Waals surface area contributed by atoms with Gasteiger partial charge in [-0.3, -0.25) is 9.59 Å². The summed E-state index contributed by atoms with van der Waals surface area (Å²) in [6, 6.07) is 5.89. The molecule has 0 radical (unpaired) electrons. The predicted octanol–water partition coefficient (Wildman–Crippen LogP) is 1.47. The van der Waals surface area contributed by atoms with Crippen LogP contribution < -0.4 is 5.32 Å². The number of carbonyl (C=O) groups is 2. The summed E-state index contributed by atoms with van der Waals surface area (Å²) in [6.45, 7) is 2.57. The van der Waals surface area contributed by atoms with E-state index in [1.807, 2.05) is 7.05 Å². The highest BCUT2D eigenvalue weighted by atomic mass is 32.2. The maximum Gasteiger partial charge on any atom is 0.315 e. The topological polar surface area (TPSA) is 70.5 Å². The van der Waals surface area contributed by atoms with Crippen molar-refractivity contribution >= 4 is 29.4 Å². The van der Waals surface area contributed by atoms with E-state index in [1.54, 1.807) is 33.5 Å². The Morgan fingerprint density at radius 3 is 2.52 bits per heavy atom. The number of rotatable bonds is 2. The summed E-state index contributed by atoms with van der Waals surface area (Å²) in [6.07, 6.45) is 0. The lowest BCUT2D eigenvalue weighted by Gasteiger charge is -2.31. The van der Waals surface area contributed by atoms with Crippen LogP contribution in [0.5, 0.6) is 0 Å². The van der Waals surface area contributed by atoms with Crippen LogP contribution in [-0.2, 0) is 21.1 Å². The van der Waals surface area contributed by atoms with Crippen LogP contribution >= 0.6 is 11.8 Å². The number of amides is 2. The fraction of sp³-hybridized carbons (Fsp3) is 0.389. The molecule has 1 N–H and O–H groups in total. The highest BCUT2D eigenvalue weighted by Gasteiger charge is 2.29. The minimum Gasteiger partial charge on any atom is -0.332 e. The summed E-state index contributed by atoms with van der Waals surface area (Å²) in [5, 5.41) is 7.31. The monoisotopic (exact) mass is 389 g/mol. The summed E-state index contributed by atoms with van der Waals surface area (Å²) in [5.74, 6) is 0.420. The van der Waals surface area contributed by atoms with E-state index in [9.17, 15) is 14.0 Å². The molecule has 0 unspecified atom stereocenters. The molecular formula is C18H20FN5O2S. The number of hydrogen-bond donors (Lipinski definition) is 1. The van der Waals surface area contributed by atoms with E-state index in [4.69, 9.17) is 0 Å². The normalized spacial score (nSPS) is 17.0. The first-order valence-electron chi connectivity index (χ1n) is 8.76. The molecule has 0 atom stereocenters. The second-order valence-corrected chi connectivity index (χ2v) is 7.69. The van der Waals surface area contributed by atoms with Gasteiger partial charge in [0.25, 0.3) is 0 Å². The molecule has 2 amide bonds. The van der Waals surface area contributed by atoms with E-state index in [0.29, 0.717) is 24.6 Å². The van der Waals surface area contributed by atoms with Crippen LogP contribution in [0.25, 0.3) is 5.69 Å². The van der Waals surface area contributed by atoms with Gasteiger partial charge in [0.2, 0.25) is 0 Å². The van der Waals surface area contributed by atoms with Crippen LogP contribution in [0.2, 0.25) is 0 Å². The van der Waals surface area contributed by atoms with Gasteiger partial charge in [-0.1, -0.05) is 0 Å². The lowest BCUT2D eigenvalue weighted by Crippen LogP contribution is -2.50. The predicted molar refractivity (Wildman–Crippen MR) is 101 cm³/mol. The van der Waals surface area contributed by atoms with Gasteiger partial charge in [-0.2, -0.15) is 16.9 Å². The SMILES string of the molecule is CN1CCN(C(=O)C(=O)Nc2c3c(nn2-c2ccc(F)cc2)CSC3)CC1. The minimum atomic E-state index is -0.664. The molecule has 9 heteroatoms. The van der Waals surface area contributed by atoms with Gasteiger partial charge < -0.3 is 15.1 Å². The van der Waals surface area contributed by atoms with Gasteiger partial charge in [0.15, 0.2) is 0 Å². The number of anilines is 1. The van der Waals surface area contributed by atoms with E-state index in [1.165, 1.54) is 12.1 Å². The molecule has 27 heavy (non-hydrogen) atoms. The Morgan fingerprint density at radius 2 is 1.81 bits per heavy atom. The van der Waals surface area contributed by atoms with Gasteiger partial charge in [-0.05, 0) is 31.3 Å². The number of fused-ring (bicyclic) bond motifs is 1. The number of aromatic nitrogens is 2. The van der Waals surface area contributed by atoms with Crippen molar-refractivity contribution in [2.45, 2.75) is 11.5 Å². The first-order chi connectivity index (χ1) is 13.0. The molecule has 7 nitrogen and oxygen atoms in total. The fourth-order valence-electron chi connectivity index (χ4n) is 3.22. The molecule has 2 aromatic rings. The number of halogens is 1. The van der Waals surface area contributed by atoms with Crippen molar-refractivity contribution in [2.75, 3.05) is 38.5 Å². The fourth-order valence-corrected chi connectivity index (χ4v) is 4.26. The Labute approximate surface area is 160 Å². The van der Waals surface area contributed by atoms with Gasteiger partial charge in [-0.15, -0.1) is 0 Å². The van der Waals surface area contributed by atoms with Crippen LogP contribution in [0.15, 0.2) is 24.3 Å². The van der Waals surface area contributed by atoms with Gasteiger partial charge >= 0.3 is 11.8 Å². The summed E-state index contributed by atoms with van der Waals surface area (Å²) in [5.41, 5.74) is 2.44. The molecular weight excluding hydrogens is 369 g/mol. The van der Waals surface area contributed by atoms with Crippen LogP contribution in [0.4, 0.5) is 10.2 Å². The van der Waals surface area contributed by atoms with Gasteiger partial charge in [0.1, 0.15) is 11.6 Å². The summed E-state index contributed by atoms with van der Waals surface area (Å²) >= 11 is 1.71. The zero-order valence-electron chi connectivity index (χ0n) is 14.9. The van der Waals surface area contributed by atoms with Gasteiger partial charge in [-0.25, -0.2) is 9.07 Å². The van der Waals surface area contributed by atoms with Crippen molar-refractivity contribution in [3.8, 4) is 5.69 Å². The van der Waals surface area contributed by atoms with E-state index in [0.717, 1.165) is 35.9 Å². The molecule has 1 saturated heterocycles. The molecule has 0 aliphatic carbocycles. The number of hydrogen-bond acceptors (Lipinski definition) is 5. The highest BCUT2D eigenvalue weighted by Crippen LogP contribution is 2.36. The Hall–Kier alpha value is -2.39. The molecule has 4 rings (SSSR count). The average Bonchev–Trinajstić information content (AvgIpc) is 3.25. The van der Waals surface area contributed by atoms with Crippen molar-refractivity contribution in [3.05, 3.63) is 41.3 Å². The molecule has 2 aliphatic rings. The van der Waals surface area contributed by atoms with Crippen LogP contribution in [-0.4, -0.2) is 64.6 Å². The molecule has 3 heterocycles. The Balaban J connectivity index is 1.58. The maximum absolute atomic E-state index is 13.3.